The lowest BCUT2D eigenvalue weighted by atomic mass is 10.1. The number of nitrogens with two attached hydrogens (primary N) is 1. The second-order valence-electron chi connectivity index (χ2n) is 4.37. The van der Waals surface area contributed by atoms with E-state index in [1.54, 1.807) is 6.07 Å². The summed E-state index contributed by atoms with van der Waals surface area (Å²) in [5.41, 5.74) is 7.71. The van der Waals surface area contributed by atoms with Crippen molar-refractivity contribution < 1.29 is 5.11 Å². The van der Waals surface area contributed by atoms with Crippen molar-refractivity contribution in [3.63, 3.8) is 0 Å². The lowest BCUT2D eigenvalue weighted by molar-refractivity contribution is 0.0669. The first-order chi connectivity index (χ1) is 7.65. The normalized spacial score (nSPS) is 22.2. The molecule has 1 heterocycles. The Bertz CT molecular complexity index is 370. The van der Waals surface area contributed by atoms with E-state index in [1.807, 2.05) is 12.1 Å². The zero-order chi connectivity index (χ0) is 11.5. The van der Waals surface area contributed by atoms with Crippen LogP contribution in [-0.2, 0) is 6.54 Å². The quantitative estimate of drug-likeness (QED) is 0.776. The minimum Gasteiger partial charge on any atom is -0.398 e. The molecule has 3 nitrogen and oxygen atoms in total. The molecule has 0 spiro atoms. The number of hydrogen-bond donors (Lipinski definition) is 2. The molecule has 0 aromatic heterocycles. The Hall–Kier alpha value is -0.770. The zero-order valence-corrected chi connectivity index (χ0v) is 9.95. The maximum absolute atomic E-state index is 9.58. The number of nitrogen functional groups attached to an aromatic ring is 1. The molecule has 0 amide bonds. The molecule has 4 heteroatoms. The Kier molecular flexibility index (Phi) is 3.69. The van der Waals surface area contributed by atoms with Gasteiger partial charge in [-0.15, -0.1) is 0 Å². The Labute approximate surface area is 101 Å². The summed E-state index contributed by atoms with van der Waals surface area (Å²) in [6.45, 7) is 2.56. The Balaban J connectivity index is 2.02. The number of likely N-dealkylation sites (tertiary alicyclic amines) is 1. The Morgan fingerprint density at radius 3 is 3.00 bits per heavy atom. The van der Waals surface area contributed by atoms with Crippen LogP contribution in [0.4, 0.5) is 5.69 Å². The van der Waals surface area contributed by atoms with Crippen LogP contribution in [0.25, 0.3) is 0 Å². The smallest absolute Gasteiger partial charge is 0.0667 e. The van der Waals surface area contributed by atoms with Crippen LogP contribution in [-0.4, -0.2) is 29.2 Å². The van der Waals surface area contributed by atoms with Crippen LogP contribution in [0.15, 0.2) is 18.2 Å². The average molecular weight is 241 g/mol. The maximum Gasteiger partial charge on any atom is 0.0667 e. The van der Waals surface area contributed by atoms with Gasteiger partial charge >= 0.3 is 0 Å². The first kappa shape index (κ1) is 11.7. The first-order valence-corrected chi connectivity index (χ1v) is 5.97. The maximum atomic E-state index is 9.58. The summed E-state index contributed by atoms with van der Waals surface area (Å²) in [4.78, 5) is 2.23. The molecule has 3 N–H and O–H groups in total. The second kappa shape index (κ2) is 5.04. The van der Waals surface area contributed by atoms with E-state index >= 15 is 0 Å². The van der Waals surface area contributed by atoms with Crippen molar-refractivity contribution in [1.82, 2.24) is 4.90 Å². The van der Waals surface area contributed by atoms with Crippen molar-refractivity contribution in [2.24, 2.45) is 0 Å². The van der Waals surface area contributed by atoms with E-state index in [2.05, 4.69) is 4.90 Å². The molecule has 1 aliphatic rings. The lowest BCUT2D eigenvalue weighted by Crippen LogP contribution is -2.37. The van der Waals surface area contributed by atoms with Crippen LogP contribution >= 0.6 is 11.6 Å². The summed E-state index contributed by atoms with van der Waals surface area (Å²) >= 11 is 5.85. The van der Waals surface area contributed by atoms with Crippen molar-refractivity contribution in [2.45, 2.75) is 25.5 Å². The van der Waals surface area contributed by atoms with Gasteiger partial charge in [-0.25, -0.2) is 0 Å². The SMILES string of the molecule is Nc1cc(Cl)ccc1CN1CCCC(O)C1. The fourth-order valence-corrected chi connectivity index (χ4v) is 2.31. The van der Waals surface area contributed by atoms with E-state index in [9.17, 15) is 5.11 Å². The molecule has 0 bridgehead atoms. The highest BCUT2D eigenvalue weighted by molar-refractivity contribution is 6.30. The molecule has 0 saturated carbocycles. The monoisotopic (exact) mass is 240 g/mol. The van der Waals surface area contributed by atoms with Gasteiger partial charge in [-0.2, -0.15) is 0 Å². The van der Waals surface area contributed by atoms with Gasteiger partial charge in [0.2, 0.25) is 0 Å². The van der Waals surface area contributed by atoms with Crippen molar-refractivity contribution in [3.05, 3.63) is 28.8 Å². The molecule has 2 rings (SSSR count). The highest BCUT2D eigenvalue weighted by atomic mass is 35.5. The van der Waals surface area contributed by atoms with Gasteiger partial charge < -0.3 is 10.8 Å². The van der Waals surface area contributed by atoms with Crippen molar-refractivity contribution in [2.75, 3.05) is 18.8 Å². The number of halogens is 1. The molecule has 1 aromatic rings. The van der Waals surface area contributed by atoms with E-state index in [-0.39, 0.29) is 6.10 Å². The first-order valence-electron chi connectivity index (χ1n) is 5.59. The minimum absolute atomic E-state index is 0.192. The number of aliphatic hydroxyl groups is 1. The molecule has 1 atom stereocenters. The Morgan fingerprint density at radius 2 is 2.31 bits per heavy atom. The third kappa shape index (κ3) is 2.88. The highest BCUT2D eigenvalue weighted by Gasteiger charge is 2.18. The van der Waals surface area contributed by atoms with Crippen molar-refractivity contribution in [1.29, 1.82) is 0 Å². The summed E-state index contributed by atoms with van der Waals surface area (Å²) in [6.07, 6.45) is 1.77. The van der Waals surface area contributed by atoms with Gasteiger partial charge in [-0.05, 0) is 37.1 Å². The van der Waals surface area contributed by atoms with Crippen LogP contribution in [0.2, 0.25) is 5.02 Å². The number of rotatable bonds is 2. The van der Waals surface area contributed by atoms with Gasteiger partial charge in [-0.1, -0.05) is 17.7 Å². The zero-order valence-electron chi connectivity index (χ0n) is 9.19. The molecule has 1 aromatic carbocycles. The molecule has 88 valence electrons. The van der Waals surface area contributed by atoms with Crippen LogP contribution in [0, 0.1) is 0 Å². The van der Waals surface area contributed by atoms with E-state index < -0.39 is 0 Å². The minimum atomic E-state index is -0.192. The molecule has 1 aliphatic heterocycles. The molecule has 16 heavy (non-hydrogen) atoms. The summed E-state index contributed by atoms with van der Waals surface area (Å²) in [5.74, 6) is 0. The van der Waals surface area contributed by atoms with Crippen molar-refractivity contribution in [3.8, 4) is 0 Å². The number of nitrogens with zero attached hydrogens (tertiary/aromatic N) is 1. The van der Waals surface area contributed by atoms with Gasteiger partial charge in [0.15, 0.2) is 0 Å². The fraction of sp³-hybridized carbons (Fsp3) is 0.500. The largest absolute Gasteiger partial charge is 0.398 e. The third-order valence-corrected chi connectivity index (χ3v) is 3.22. The number of benzene rings is 1. The predicted octanol–water partition coefficient (Wildman–Crippen LogP) is 1.88. The number of β-amino-alcohol motifs (C(OH)–C–C–N with tert-alkyl or cyclic N) is 1. The predicted molar refractivity (Wildman–Crippen MR) is 66.4 cm³/mol. The van der Waals surface area contributed by atoms with E-state index in [0.717, 1.165) is 43.7 Å². The molecule has 1 saturated heterocycles. The van der Waals surface area contributed by atoms with Gasteiger partial charge in [0.05, 0.1) is 6.10 Å². The molecule has 1 fully saturated rings. The molecule has 0 aliphatic carbocycles. The van der Waals surface area contributed by atoms with Crippen LogP contribution in [0.3, 0.4) is 0 Å². The summed E-state index contributed by atoms with van der Waals surface area (Å²) in [7, 11) is 0. The average Bonchev–Trinajstić information content (AvgIpc) is 2.22. The standard InChI is InChI=1S/C12H17ClN2O/c13-10-4-3-9(12(14)6-10)7-15-5-1-2-11(16)8-15/h3-4,6,11,16H,1-2,5,7-8,14H2. The van der Waals surface area contributed by atoms with E-state index in [0.29, 0.717) is 5.02 Å². The lowest BCUT2D eigenvalue weighted by Gasteiger charge is -2.30. The second-order valence-corrected chi connectivity index (χ2v) is 4.81. The Morgan fingerprint density at radius 1 is 1.50 bits per heavy atom. The number of anilines is 1. The number of piperidine rings is 1. The van der Waals surface area contributed by atoms with Crippen LogP contribution in [0.1, 0.15) is 18.4 Å². The topological polar surface area (TPSA) is 49.5 Å². The highest BCUT2D eigenvalue weighted by Crippen LogP contribution is 2.21. The molecular formula is C12H17ClN2O. The van der Waals surface area contributed by atoms with E-state index in [1.165, 1.54) is 0 Å². The van der Waals surface area contributed by atoms with Crippen LogP contribution < -0.4 is 5.73 Å². The van der Waals surface area contributed by atoms with Crippen molar-refractivity contribution >= 4 is 17.3 Å². The third-order valence-electron chi connectivity index (χ3n) is 2.98. The van der Waals surface area contributed by atoms with Gasteiger partial charge in [-0.3, -0.25) is 4.90 Å². The van der Waals surface area contributed by atoms with Crippen LogP contribution in [0.5, 0.6) is 0 Å². The number of aliphatic hydroxyl groups excluding tert-OH is 1. The summed E-state index contributed by atoms with van der Waals surface area (Å²) in [6, 6.07) is 5.59. The van der Waals surface area contributed by atoms with Gasteiger partial charge in [0.1, 0.15) is 0 Å². The van der Waals surface area contributed by atoms with Gasteiger partial charge in [0, 0.05) is 23.8 Å². The summed E-state index contributed by atoms with van der Waals surface area (Å²) < 4.78 is 0. The molecule has 0 radical (unpaired) electrons. The number of hydrogen-bond acceptors (Lipinski definition) is 3. The van der Waals surface area contributed by atoms with Gasteiger partial charge in [0.25, 0.3) is 0 Å². The molecular weight excluding hydrogens is 224 g/mol. The molecule has 1 unspecified atom stereocenters. The summed E-state index contributed by atoms with van der Waals surface area (Å²) in [5, 5.41) is 10.2. The fourth-order valence-electron chi connectivity index (χ4n) is 2.13. The van der Waals surface area contributed by atoms with E-state index in [4.69, 9.17) is 17.3 Å².